The Kier molecular flexibility index (Phi) is 3.01. The van der Waals surface area contributed by atoms with Gasteiger partial charge in [-0.3, -0.25) is 4.68 Å². The van der Waals surface area contributed by atoms with Gasteiger partial charge < -0.3 is 5.73 Å². The molecule has 3 nitrogen and oxygen atoms in total. The van der Waals surface area contributed by atoms with Crippen molar-refractivity contribution in [3.8, 4) is 0 Å². The molecule has 0 aliphatic carbocycles. The molecule has 2 N–H and O–H groups in total. The number of nitrogens with two attached hydrogens (primary N) is 1. The summed E-state index contributed by atoms with van der Waals surface area (Å²) < 4.78 is 14.7. The molecule has 1 aromatic heterocycles. The van der Waals surface area contributed by atoms with Crippen LogP contribution in [0.1, 0.15) is 17.3 Å². The van der Waals surface area contributed by atoms with Crippen molar-refractivity contribution < 1.29 is 4.39 Å². The molecule has 84 valence electrons. The molecule has 0 saturated carbocycles. The molecule has 0 aliphatic heterocycles. The fourth-order valence-corrected chi connectivity index (χ4v) is 1.77. The predicted octanol–water partition coefficient (Wildman–Crippen LogP) is 1.80. The van der Waals surface area contributed by atoms with Crippen LogP contribution in [0.2, 0.25) is 0 Å². The second-order valence-corrected chi connectivity index (χ2v) is 3.82. The van der Waals surface area contributed by atoms with Gasteiger partial charge in [0.05, 0.1) is 11.7 Å². The van der Waals surface area contributed by atoms with Crippen molar-refractivity contribution in [3.05, 3.63) is 53.6 Å². The number of aryl methyl sites for hydroxylation is 1. The number of hydrogen-bond acceptors (Lipinski definition) is 2. The lowest BCUT2D eigenvalue weighted by Gasteiger charge is -2.12. The Balaban J connectivity index is 2.14. The molecule has 2 aromatic rings. The molecular weight excluding hydrogens is 205 g/mol. The molecular formula is C12H14FN3. The highest BCUT2D eigenvalue weighted by Gasteiger charge is 2.10. The lowest BCUT2D eigenvalue weighted by Crippen LogP contribution is -2.17. The van der Waals surface area contributed by atoms with Gasteiger partial charge in [0.15, 0.2) is 0 Å². The summed E-state index contributed by atoms with van der Waals surface area (Å²) >= 11 is 0. The van der Waals surface area contributed by atoms with E-state index in [1.807, 2.05) is 19.2 Å². The van der Waals surface area contributed by atoms with E-state index in [1.165, 1.54) is 12.1 Å². The molecule has 2 rings (SSSR count). The number of benzene rings is 1. The first-order chi connectivity index (χ1) is 7.66. The van der Waals surface area contributed by atoms with E-state index >= 15 is 0 Å². The molecule has 0 bridgehead atoms. The van der Waals surface area contributed by atoms with Crippen LogP contribution in [0.5, 0.6) is 0 Å². The third-order valence-corrected chi connectivity index (χ3v) is 2.58. The van der Waals surface area contributed by atoms with Crippen LogP contribution in [-0.4, -0.2) is 9.78 Å². The lowest BCUT2D eigenvalue weighted by molar-refractivity contribution is 0.605. The maximum absolute atomic E-state index is 13.0. The van der Waals surface area contributed by atoms with E-state index in [0.717, 1.165) is 11.3 Å². The monoisotopic (exact) mass is 219 g/mol. The van der Waals surface area contributed by atoms with Crippen molar-refractivity contribution in [1.82, 2.24) is 9.78 Å². The first kappa shape index (κ1) is 10.8. The van der Waals surface area contributed by atoms with E-state index in [0.29, 0.717) is 6.42 Å². The Bertz CT molecular complexity index is 479. The molecule has 1 heterocycles. The van der Waals surface area contributed by atoms with Crippen LogP contribution in [0.4, 0.5) is 4.39 Å². The van der Waals surface area contributed by atoms with Gasteiger partial charge in [0.1, 0.15) is 5.82 Å². The van der Waals surface area contributed by atoms with Crippen LogP contribution >= 0.6 is 0 Å². The highest BCUT2D eigenvalue weighted by atomic mass is 19.1. The highest BCUT2D eigenvalue weighted by molar-refractivity contribution is 5.19. The summed E-state index contributed by atoms with van der Waals surface area (Å²) in [4.78, 5) is 0. The van der Waals surface area contributed by atoms with Crippen molar-refractivity contribution in [2.24, 2.45) is 12.8 Å². The number of halogens is 1. The van der Waals surface area contributed by atoms with Crippen molar-refractivity contribution in [2.75, 3.05) is 0 Å². The molecule has 1 atom stereocenters. The Hall–Kier alpha value is -1.68. The normalized spacial score (nSPS) is 12.7. The maximum Gasteiger partial charge on any atom is 0.123 e. The van der Waals surface area contributed by atoms with Crippen molar-refractivity contribution in [2.45, 2.75) is 12.5 Å². The van der Waals surface area contributed by atoms with Crippen molar-refractivity contribution in [1.29, 1.82) is 0 Å². The summed E-state index contributed by atoms with van der Waals surface area (Å²) in [6.07, 6.45) is 2.32. The van der Waals surface area contributed by atoms with Gasteiger partial charge in [-0.15, -0.1) is 0 Å². The quantitative estimate of drug-likeness (QED) is 0.855. The molecule has 0 fully saturated rings. The molecule has 0 spiro atoms. The van der Waals surface area contributed by atoms with Crippen LogP contribution in [-0.2, 0) is 13.5 Å². The van der Waals surface area contributed by atoms with E-state index in [9.17, 15) is 4.39 Å². The van der Waals surface area contributed by atoms with E-state index in [1.54, 1.807) is 16.9 Å². The third kappa shape index (κ3) is 2.28. The standard InChI is InChI=1S/C12H14FN3/c1-16-12(5-6-15-16)11(14)8-9-3-2-4-10(13)7-9/h2-7,11H,8,14H2,1H3. The van der Waals surface area contributed by atoms with Gasteiger partial charge in [-0.25, -0.2) is 4.39 Å². The molecule has 4 heteroatoms. The van der Waals surface area contributed by atoms with Gasteiger partial charge in [0.2, 0.25) is 0 Å². The highest BCUT2D eigenvalue weighted by Crippen LogP contribution is 2.15. The van der Waals surface area contributed by atoms with Gasteiger partial charge in [-0.05, 0) is 30.2 Å². The van der Waals surface area contributed by atoms with Gasteiger partial charge in [0.25, 0.3) is 0 Å². The minimum Gasteiger partial charge on any atom is -0.322 e. The first-order valence-corrected chi connectivity index (χ1v) is 5.15. The maximum atomic E-state index is 13.0. The summed E-state index contributed by atoms with van der Waals surface area (Å²) in [6.45, 7) is 0. The van der Waals surface area contributed by atoms with E-state index in [4.69, 9.17) is 5.73 Å². The molecule has 1 aromatic carbocycles. The van der Waals surface area contributed by atoms with Gasteiger partial charge >= 0.3 is 0 Å². The topological polar surface area (TPSA) is 43.8 Å². The minimum atomic E-state index is -0.227. The zero-order valence-corrected chi connectivity index (χ0v) is 9.10. The SMILES string of the molecule is Cn1nccc1C(N)Cc1cccc(F)c1. The van der Waals surface area contributed by atoms with Crippen molar-refractivity contribution in [3.63, 3.8) is 0 Å². The Morgan fingerprint density at radius 3 is 2.88 bits per heavy atom. The molecule has 16 heavy (non-hydrogen) atoms. The van der Waals surface area contributed by atoms with Crippen LogP contribution < -0.4 is 5.73 Å². The Morgan fingerprint density at radius 2 is 2.25 bits per heavy atom. The molecule has 0 radical (unpaired) electrons. The summed E-state index contributed by atoms with van der Waals surface area (Å²) in [5.74, 6) is -0.227. The predicted molar refractivity (Wildman–Crippen MR) is 60.2 cm³/mol. The average molecular weight is 219 g/mol. The van der Waals surface area contributed by atoms with Crippen LogP contribution in [0, 0.1) is 5.82 Å². The second kappa shape index (κ2) is 4.45. The largest absolute Gasteiger partial charge is 0.322 e. The third-order valence-electron chi connectivity index (χ3n) is 2.58. The van der Waals surface area contributed by atoms with Gasteiger partial charge in [-0.1, -0.05) is 12.1 Å². The smallest absolute Gasteiger partial charge is 0.123 e. The number of aromatic nitrogens is 2. The molecule has 1 unspecified atom stereocenters. The minimum absolute atomic E-state index is 0.158. The first-order valence-electron chi connectivity index (χ1n) is 5.15. The zero-order valence-electron chi connectivity index (χ0n) is 9.10. The summed E-state index contributed by atoms with van der Waals surface area (Å²) in [6, 6.07) is 8.23. The summed E-state index contributed by atoms with van der Waals surface area (Å²) in [5, 5.41) is 4.06. The fraction of sp³-hybridized carbons (Fsp3) is 0.250. The van der Waals surface area contributed by atoms with Crippen LogP contribution in [0.25, 0.3) is 0 Å². The van der Waals surface area contributed by atoms with E-state index < -0.39 is 0 Å². The average Bonchev–Trinajstić information content (AvgIpc) is 2.64. The number of rotatable bonds is 3. The second-order valence-electron chi connectivity index (χ2n) is 3.82. The van der Waals surface area contributed by atoms with E-state index in [2.05, 4.69) is 5.10 Å². The fourth-order valence-electron chi connectivity index (χ4n) is 1.77. The molecule has 0 amide bonds. The van der Waals surface area contributed by atoms with Crippen LogP contribution in [0.3, 0.4) is 0 Å². The number of hydrogen-bond donors (Lipinski definition) is 1. The van der Waals surface area contributed by atoms with E-state index in [-0.39, 0.29) is 11.9 Å². The molecule has 0 saturated heterocycles. The lowest BCUT2D eigenvalue weighted by atomic mass is 10.0. The summed E-state index contributed by atoms with van der Waals surface area (Å²) in [5.41, 5.74) is 7.88. The zero-order chi connectivity index (χ0) is 11.5. The summed E-state index contributed by atoms with van der Waals surface area (Å²) in [7, 11) is 1.85. The molecule has 0 aliphatic rings. The Labute approximate surface area is 93.7 Å². The van der Waals surface area contributed by atoms with Crippen LogP contribution in [0.15, 0.2) is 36.5 Å². The van der Waals surface area contributed by atoms with Gasteiger partial charge in [-0.2, -0.15) is 5.10 Å². The van der Waals surface area contributed by atoms with Crippen molar-refractivity contribution >= 4 is 0 Å². The van der Waals surface area contributed by atoms with Gasteiger partial charge in [0, 0.05) is 13.2 Å². The number of nitrogens with zero attached hydrogens (tertiary/aromatic N) is 2. The Morgan fingerprint density at radius 1 is 1.44 bits per heavy atom.